The van der Waals surface area contributed by atoms with Crippen LogP contribution in [0.3, 0.4) is 0 Å². The molecule has 94 valence electrons. The van der Waals surface area contributed by atoms with Crippen LogP contribution in [0.25, 0.3) is 0 Å². The molecule has 0 aliphatic heterocycles. The fourth-order valence-corrected chi connectivity index (χ4v) is 1.85. The number of anilines is 1. The van der Waals surface area contributed by atoms with Gasteiger partial charge in [0.25, 0.3) is 0 Å². The smallest absolute Gasteiger partial charge is 0.229 e. The summed E-state index contributed by atoms with van der Waals surface area (Å²) in [7, 11) is 0. The number of benzene rings is 1. The van der Waals surface area contributed by atoms with Crippen molar-refractivity contribution in [3.05, 3.63) is 46.1 Å². The van der Waals surface area contributed by atoms with Crippen LogP contribution in [0.2, 0.25) is 0 Å². The number of nitrogens with zero attached hydrogens (tertiary/aromatic N) is 1. The number of rotatable bonds is 4. The normalized spacial score (nSPS) is 10.3. The minimum Gasteiger partial charge on any atom is -0.309 e. The lowest BCUT2D eigenvalue weighted by Gasteiger charge is -2.02. The topological polar surface area (TPSA) is 57.8 Å². The van der Waals surface area contributed by atoms with Gasteiger partial charge in [0.1, 0.15) is 0 Å². The highest BCUT2D eigenvalue weighted by Crippen LogP contribution is 2.12. The fraction of sp³-hybridized carbons (Fsp3) is 0.231. The number of carbonyl (C=O) groups is 1. The zero-order valence-corrected chi connectivity index (χ0v) is 11.6. The van der Waals surface area contributed by atoms with Gasteiger partial charge in [0, 0.05) is 16.2 Å². The maximum absolute atomic E-state index is 11.8. The fourth-order valence-electron chi connectivity index (χ4n) is 1.58. The van der Waals surface area contributed by atoms with Crippen molar-refractivity contribution in [2.75, 3.05) is 5.32 Å². The molecule has 0 saturated carbocycles. The Hall–Kier alpha value is -1.62. The van der Waals surface area contributed by atoms with Crippen LogP contribution in [-0.4, -0.2) is 16.1 Å². The van der Waals surface area contributed by atoms with E-state index in [2.05, 4.69) is 31.4 Å². The molecule has 0 fully saturated rings. The van der Waals surface area contributed by atoms with E-state index in [0.29, 0.717) is 12.2 Å². The zero-order valence-electron chi connectivity index (χ0n) is 10.0. The number of aryl methyl sites for hydroxylation is 1. The molecule has 1 aromatic heterocycles. The Morgan fingerprint density at radius 3 is 2.72 bits per heavy atom. The van der Waals surface area contributed by atoms with Crippen LogP contribution in [0, 0.1) is 0 Å². The number of H-pyrrole nitrogens is 1. The van der Waals surface area contributed by atoms with Gasteiger partial charge in [-0.1, -0.05) is 35.0 Å². The molecule has 1 aromatic carbocycles. The van der Waals surface area contributed by atoms with E-state index in [9.17, 15) is 4.79 Å². The molecule has 2 N–H and O–H groups in total. The molecule has 0 aliphatic carbocycles. The number of hydrogen-bond donors (Lipinski definition) is 2. The second-order valence-electron chi connectivity index (χ2n) is 3.98. The van der Waals surface area contributed by atoms with Crippen LogP contribution in [0.1, 0.15) is 18.2 Å². The van der Waals surface area contributed by atoms with E-state index in [1.165, 1.54) is 0 Å². The van der Waals surface area contributed by atoms with Gasteiger partial charge in [-0.2, -0.15) is 5.10 Å². The number of aromatic nitrogens is 2. The Morgan fingerprint density at radius 1 is 1.39 bits per heavy atom. The predicted molar refractivity (Wildman–Crippen MR) is 74.4 cm³/mol. The third-order valence-corrected chi connectivity index (χ3v) is 3.09. The highest BCUT2D eigenvalue weighted by molar-refractivity contribution is 9.10. The van der Waals surface area contributed by atoms with Crippen LogP contribution < -0.4 is 5.32 Å². The van der Waals surface area contributed by atoms with Crippen molar-refractivity contribution in [1.82, 2.24) is 10.2 Å². The minimum absolute atomic E-state index is 0.0634. The van der Waals surface area contributed by atoms with Crippen LogP contribution in [0.5, 0.6) is 0 Å². The Bertz CT molecular complexity index is 533. The van der Waals surface area contributed by atoms with Crippen molar-refractivity contribution in [2.24, 2.45) is 0 Å². The lowest BCUT2D eigenvalue weighted by Crippen LogP contribution is -2.14. The van der Waals surface area contributed by atoms with Gasteiger partial charge in [0.2, 0.25) is 5.91 Å². The number of nitrogens with one attached hydrogen (secondary N) is 2. The van der Waals surface area contributed by atoms with Crippen molar-refractivity contribution in [2.45, 2.75) is 19.8 Å². The highest BCUT2D eigenvalue weighted by atomic mass is 79.9. The van der Waals surface area contributed by atoms with Gasteiger partial charge in [0.15, 0.2) is 5.82 Å². The van der Waals surface area contributed by atoms with Gasteiger partial charge in [-0.25, -0.2) is 0 Å². The first-order valence-electron chi connectivity index (χ1n) is 5.76. The summed E-state index contributed by atoms with van der Waals surface area (Å²) < 4.78 is 1.01. The van der Waals surface area contributed by atoms with Gasteiger partial charge in [-0.3, -0.25) is 9.89 Å². The summed E-state index contributed by atoms with van der Waals surface area (Å²) in [6.07, 6.45) is 1.22. The first-order chi connectivity index (χ1) is 8.67. The SMILES string of the molecule is CCc1cc(NC(=O)Cc2ccc(Br)cc2)n[nH]1. The number of amides is 1. The van der Waals surface area contributed by atoms with Gasteiger partial charge in [0.05, 0.1) is 6.42 Å². The average Bonchev–Trinajstić information content (AvgIpc) is 2.79. The zero-order chi connectivity index (χ0) is 13.0. The molecule has 1 heterocycles. The molecule has 0 bridgehead atoms. The van der Waals surface area contributed by atoms with Crippen molar-refractivity contribution in [1.29, 1.82) is 0 Å². The summed E-state index contributed by atoms with van der Waals surface area (Å²) in [6, 6.07) is 9.54. The third-order valence-electron chi connectivity index (χ3n) is 2.56. The van der Waals surface area contributed by atoms with Crippen molar-refractivity contribution in [3.63, 3.8) is 0 Å². The van der Waals surface area contributed by atoms with Gasteiger partial charge >= 0.3 is 0 Å². The largest absolute Gasteiger partial charge is 0.309 e. The van der Waals surface area contributed by atoms with Gasteiger partial charge in [-0.15, -0.1) is 0 Å². The summed E-state index contributed by atoms with van der Waals surface area (Å²) in [4.78, 5) is 11.8. The highest BCUT2D eigenvalue weighted by Gasteiger charge is 2.06. The van der Waals surface area contributed by atoms with Crippen LogP contribution in [0.4, 0.5) is 5.82 Å². The minimum atomic E-state index is -0.0634. The molecule has 0 radical (unpaired) electrons. The van der Waals surface area contributed by atoms with Crippen molar-refractivity contribution < 1.29 is 4.79 Å². The lowest BCUT2D eigenvalue weighted by molar-refractivity contribution is -0.115. The number of hydrogen-bond acceptors (Lipinski definition) is 2. The van der Waals surface area contributed by atoms with E-state index in [1.54, 1.807) is 0 Å². The molecule has 5 heteroatoms. The summed E-state index contributed by atoms with van der Waals surface area (Å²) >= 11 is 3.36. The van der Waals surface area contributed by atoms with Crippen molar-refractivity contribution in [3.8, 4) is 0 Å². The molecular formula is C13H14BrN3O. The molecule has 1 amide bonds. The maximum atomic E-state index is 11.8. The molecule has 0 spiro atoms. The van der Waals surface area contributed by atoms with E-state index in [0.717, 1.165) is 22.2 Å². The third kappa shape index (κ3) is 3.43. The van der Waals surface area contributed by atoms with E-state index in [4.69, 9.17) is 0 Å². The predicted octanol–water partition coefficient (Wildman–Crippen LogP) is 2.92. The summed E-state index contributed by atoms with van der Waals surface area (Å²) in [5.41, 5.74) is 1.98. The second-order valence-corrected chi connectivity index (χ2v) is 4.90. The Labute approximate surface area is 114 Å². The Kier molecular flexibility index (Phi) is 4.15. The second kappa shape index (κ2) is 5.82. The molecule has 18 heavy (non-hydrogen) atoms. The van der Waals surface area contributed by atoms with E-state index < -0.39 is 0 Å². The van der Waals surface area contributed by atoms with Crippen LogP contribution in [-0.2, 0) is 17.6 Å². The van der Waals surface area contributed by atoms with Crippen molar-refractivity contribution >= 4 is 27.7 Å². The Morgan fingerprint density at radius 2 is 2.11 bits per heavy atom. The standard InChI is InChI=1S/C13H14BrN3O/c1-2-11-8-12(17-16-11)15-13(18)7-9-3-5-10(14)6-4-9/h3-6,8H,2,7H2,1H3,(H2,15,16,17,18). The number of halogens is 1. The molecule has 0 saturated heterocycles. The van der Waals surface area contributed by atoms with E-state index in [-0.39, 0.29) is 5.91 Å². The summed E-state index contributed by atoms with van der Waals surface area (Å²) in [5, 5.41) is 9.65. The summed E-state index contributed by atoms with van der Waals surface area (Å²) in [5.74, 6) is 0.514. The van der Waals surface area contributed by atoms with E-state index in [1.807, 2.05) is 37.3 Å². The molecule has 2 aromatic rings. The monoisotopic (exact) mass is 307 g/mol. The summed E-state index contributed by atoms with van der Waals surface area (Å²) in [6.45, 7) is 2.03. The average molecular weight is 308 g/mol. The van der Waals surface area contributed by atoms with Gasteiger partial charge in [-0.05, 0) is 24.1 Å². The molecule has 4 nitrogen and oxygen atoms in total. The Balaban J connectivity index is 1.94. The number of aromatic amines is 1. The van der Waals surface area contributed by atoms with Gasteiger partial charge < -0.3 is 5.32 Å². The lowest BCUT2D eigenvalue weighted by atomic mass is 10.1. The van der Waals surface area contributed by atoms with Crippen LogP contribution in [0.15, 0.2) is 34.8 Å². The first-order valence-corrected chi connectivity index (χ1v) is 6.55. The number of carbonyl (C=O) groups excluding carboxylic acids is 1. The first kappa shape index (κ1) is 12.8. The molecular weight excluding hydrogens is 294 g/mol. The maximum Gasteiger partial charge on any atom is 0.229 e. The quantitative estimate of drug-likeness (QED) is 0.912. The molecule has 0 atom stereocenters. The molecule has 0 unspecified atom stereocenters. The van der Waals surface area contributed by atoms with E-state index >= 15 is 0 Å². The molecule has 0 aliphatic rings. The van der Waals surface area contributed by atoms with Crippen LogP contribution >= 0.6 is 15.9 Å². The molecule has 2 rings (SSSR count).